The van der Waals surface area contributed by atoms with Crippen molar-refractivity contribution in [3.05, 3.63) is 0 Å². The van der Waals surface area contributed by atoms with E-state index in [-0.39, 0.29) is 5.54 Å². The van der Waals surface area contributed by atoms with Crippen molar-refractivity contribution in [1.29, 1.82) is 0 Å². The molecule has 0 spiro atoms. The highest BCUT2D eigenvalue weighted by atomic mass is 15.0. The van der Waals surface area contributed by atoms with Crippen LogP contribution in [0.4, 0.5) is 0 Å². The summed E-state index contributed by atoms with van der Waals surface area (Å²) in [4.78, 5) is 8.98. The Kier molecular flexibility index (Phi) is 10.6. The van der Waals surface area contributed by atoms with Crippen molar-refractivity contribution >= 4 is 11.9 Å². The van der Waals surface area contributed by atoms with E-state index in [1.807, 2.05) is 13.3 Å². The lowest BCUT2D eigenvalue weighted by Crippen LogP contribution is -2.41. The Hall–Kier alpha value is -0.740. The van der Waals surface area contributed by atoms with Gasteiger partial charge in [-0.1, -0.05) is 13.8 Å². The molecular weight excluding hydrogens is 248 g/mol. The Bertz CT molecular complexity index is 293. The van der Waals surface area contributed by atoms with Gasteiger partial charge >= 0.3 is 0 Å². The Morgan fingerprint density at radius 2 is 1.90 bits per heavy atom. The molecule has 0 saturated carbocycles. The first-order valence-corrected chi connectivity index (χ1v) is 7.75. The zero-order chi connectivity index (χ0) is 15.4. The first-order valence-electron chi connectivity index (χ1n) is 7.75. The van der Waals surface area contributed by atoms with Crippen LogP contribution in [0.15, 0.2) is 9.98 Å². The highest BCUT2D eigenvalue weighted by Gasteiger charge is 2.14. The lowest BCUT2D eigenvalue weighted by Gasteiger charge is -2.24. The highest BCUT2D eigenvalue weighted by Crippen LogP contribution is 2.06. The third-order valence-corrected chi connectivity index (χ3v) is 3.02. The Morgan fingerprint density at radius 1 is 1.20 bits per heavy atom. The van der Waals surface area contributed by atoms with E-state index in [1.165, 1.54) is 5.71 Å². The molecule has 0 fully saturated rings. The lowest BCUT2D eigenvalue weighted by molar-refractivity contribution is 0.410. The van der Waals surface area contributed by atoms with Crippen LogP contribution in [-0.4, -0.2) is 50.7 Å². The van der Waals surface area contributed by atoms with Crippen molar-refractivity contribution in [2.75, 3.05) is 33.2 Å². The molecule has 0 aromatic rings. The molecule has 2 N–H and O–H groups in total. The molecule has 118 valence electrons. The normalized spacial score (nSPS) is 13.7. The molecule has 0 rings (SSSR count). The largest absolute Gasteiger partial charge is 0.318 e. The molecule has 0 aromatic heterocycles. The SMILES string of the molecule is CNCCN=CCC(C)(C)NCCN=C(C)CC(C)C. The molecule has 0 aromatic carbocycles. The number of rotatable bonds is 11. The van der Waals surface area contributed by atoms with Crippen LogP contribution < -0.4 is 10.6 Å². The van der Waals surface area contributed by atoms with Crippen LogP contribution in [0.25, 0.3) is 0 Å². The van der Waals surface area contributed by atoms with Gasteiger partial charge in [0.1, 0.15) is 0 Å². The number of aliphatic imine (C=N–C) groups is 2. The second-order valence-corrected chi connectivity index (χ2v) is 6.42. The number of hydrogen-bond acceptors (Lipinski definition) is 4. The van der Waals surface area contributed by atoms with E-state index in [1.54, 1.807) is 0 Å². The second-order valence-electron chi connectivity index (χ2n) is 6.42. The molecule has 4 nitrogen and oxygen atoms in total. The van der Waals surface area contributed by atoms with Gasteiger partial charge in [0.2, 0.25) is 0 Å². The topological polar surface area (TPSA) is 48.8 Å². The molecular formula is C16H34N4. The molecule has 20 heavy (non-hydrogen) atoms. The first kappa shape index (κ1) is 19.3. The van der Waals surface area contributed by atoms with Crippen molar-refractivity contribution < 1.29 is 0 Å². The average Bonchev–Trinajstić information content (AvgIpc) is 2.33. The quantitative estimate of drug-likeness (QED) is 0.452. The summed E-state index contributed by atoms with van der Waals surface area (Å²) in [5.41, 5.74) is 1.35. The van der Waals surface area contributed by atoms with Gasteiger partial charge in [-0.15, -0.1) is 0 Å². The van der Waals surface area contributed by atoms with E-state index in [4.69, 9.17) is 0 Å². The summed E-state index contributed by atoms with van der Waals surface area (Å²) in [7, 11) is 1.95. The van der Waals surface area contributed by atoms with Crippen LogP contribution in [0, 0.1) is 5.92 Å². The van der Waals surface area contributed by atoms with Crippen LogP contribution in [0.2, 0.25) is 0 Å². The van der Waals surface area contributed by atoms with E-state index < -0.39 is 0 Å². The van der Waals surface area contributed by atoms with Gasteiger partial charge in [0.25, 0.3) is 0 Å². The minimum Gasteiger partial charge on any atom is -0.318 e. The fraction of sp³-hybridized carbons (Fsp3) is 0.875. The Labute approximate surface area is 125 Å². The molecule has 0 heterocycles. The van der Waals surface area contributed by atoms with Crippen molar-refractivity contribution in [2.24, 2.45) is 15.9 Å². The monoisotopic (exact) mass is 282 g/mol. The Balaban J connectivity index is 3.84. The summed E-state index contributed by atoms with van der Waals surface area (Å²) in [5.74, 6) is 0.692. The van der Waals surface area contributed by atoms with Crippen molar-refractivity contribution in [3.63, 3.8) is 0 Å². The predicted molar refractivity (Wildman–Crippen MR) is 91.4 cm³/mol. The number of nitrogens with zero attached hydrogens (tertiary/aromatic N) is 2. The van der Waals surface area contributed by atoms with Gasteiger partial charge in [0, 0.05) is 30.6 Å². The van der Waals surface area contributed by atoms with Crippen molar-refractivity contribution in [2.45, 2.75) is 53.0 Å². The average molecular weight is 282 g/mol. The van der Waals surface area contributed by atoms with Crippen molar-refractivity contribution in [3.8, 4) is 0 Å². The zero-order valence-electron chi connectivity index (χ0n) is 14.3. The fourth-order valence-electron chi connectivity index (χ4n) is 1.93. The third kappa shape index (κ3) is 12.3. The molecule has 0 aliphatic carbocycles. The molecule has 0 aliphatic heterocycles. The maximum atomic E-state index is 4.60. The number of nitrogens with one attached hydrogen (secondary N) is 2. The number of likely N-dealkylation sites (N-methyl/N-ethyl adjacent to an activating group) is 1. The summed E-state index contributed by atoms with van der Waals surface area (Å²) in [6.45, 7) is 14.6. The summed E-state index contributed by atoms with van der Waals surface area (Å²) in [5, 5.41) is 6.63. The molecule has 4 heteroatoms. The van der Waals surface area contributed by atoms with Gasteiger partial charge < -0.3 is 10.6 Å². The molecule has 0 unspecified atom stereocenters. The summed E-state index contributed by atoms with van der Waals surface area (Å²) < 4.78 is 0. The van der Waals surface area contributed by atoms with Crippen LogP contribution in [-0.2, 0) is 0 Å². The first-order chi connectivity index (χ1) is 9.37. The van der Waals surface area contributed by atoms with Crippen LogP contribution in [0.5, 0.6) is 0 Å². The number of hydrogen-bond donors (Lipinski definition) is 2. The van der Waals surface area contributed by atoms with Crippen LogP contribution in [0.1, 0.15) is 47.5 Å². The minimum atomic E-state index is 0.0879. The van der Waals surface area contributed by atoms with Gasteiger partial charge in [0.05, 0.1) is 13.1 Å². The van der Waals surface area contributed by atoms with E-state index in [0.29, 0.717) is 5.92 Å². The summed E-state index contributed by atoms with van der Waals surface area (Å²) in [6, 6.07) is 0. The predicted octanol–water partition coefficient (Wildman–Crippen LogP) is 2.54. The lowest BCUT2D eigenvalue weighted by atomic mass is 10.0. The molecule has 0 radical (unpaired) electrons. The molecule has 0 bridgehead atoms. The molecule has 0 saturated heterocycles. The van der Waals surface area contributed by atoms with E-state index in [9.17, 15) is 0 Å². The fourth-order valence-corrected chi connectivity index (χ4v) is 1.93. The highest BCUT2D eigenvalue weighted by molar-refractivity contribution is 5.82. The minimum absolute atomic E-state index is 0.0879. The second kappa shape index (κ2) is 11.0. The van der Waals surface area contributed by atoms with Gasteiger partial charge in [-0.3, -0.25) is 9.98 Å². The van der Waals surface area contributed by atoms with Crippen LogP contribution >= 0.6 is 0 Å². The molecule has 0 amide bonds. The smallest absolute Gasteiger partial charge is 0.0513 e. The molecule has 0 aliphatic rings. The standard InChI is InChI=1S/C16H34N4/c1-14(2)13-15(3)19-11-12-20-16(4,5)7-8-18-10-9-17-6/h8,14,17,20H,7,9-13H2,1-6H3. The third-order valence-electron chi connectivity index (χ3n) is 3.02. The van der Waals surface area contributed by atoms with Crippen LogP contribution in [0.3, 0.4) is 0 Å². The zero-order valence-corrected chi connectivity index (χ0v) is 14.3. The Morgan fingerprint density at radius 3 is 2.50 bits per heavy atom. The van der Waals surface area contributed by atoms with E-state index in [0.717, 1.165) is 39.0 Å². The van der Waals surface area contributed by atoms with Gasteiger partial charge in [0.15, 0.2) is 0 Å². The van der Waals surface area contributed by atoms with E-state index >= 15 is 0 Å². The maximum Gasteiger partial charge on any atom is 0.0513 e. The van der Waals surface area contributed by atoms with E-state index in [2.05, 4.69) is 55.2 Å². The summed E-state index contributed by atoms with van der Waals surface area (Å²) >= 11 is 0. The van der Waals surface area contributed by atoms with Gasteiger partial charge in [-0.2, -0.15) is 0 Å². The van der Waals surface area contributed by atoms with Gasteiger partial charge in [-0.05, 0) is 46.6 Å². The van der Waals surface area contributed by atoms with Gasteiger partial charge in [-0.25, -0.2) is 0 Å². The summed E-state index contributed by atoms with van der Waals surface area (Å²) in [6.07, 6.45) is 4.07. The molecule has 0 atom stereocenters. The van der Waals surface area contributed by atoms with Crippen molar-refractivity contribution in [1.82, 2.24) is 10.6 Å². The maximum absolute atomic E-state index is 4.60.